The fourth-order valence-corrected chi connectivity index (χ4v) is 2.88. The van der Waals surface area contributed by atoms with Gasteiger partial charge in [-0.25, -0.2) is 9.36 Å². The smallest absolute Gasteiger partial charge is 0.402 e. The molecule has 0 spiro atoms. The van der Waals surface area contributed by atoms with Gasteiger partial charge in [0.15, 0.2) is 0 Å². The van der Waals surface area contributed by atoms with Crippen LogP contribution in [0.1, 0.15) is 62.0 Å². The summed E-state index contributed by atoms with van der Waals surface area (Å²) in [5.74, 6) is -0.429. The molecule has 1 N–H and O–H groups in total. The summed E-state index contributed by atoms with van der Waals surface area (Å²) >= 11 is 0. The molecule has 146 valence electrons. The normalized spacial score (nSPS) is 13.9. The highest BCUT2D eigenvalue weighted by molar-refractivity contribution is 7.47. The Morgan fingerprint density at radius 2 is 1.56 bits per heavy atom. The first kappa shape index (κ1) is 21.2. The first-order chi connectivity index (χ1) is 12.5. The minimum absolute atomic E-state index is 0.0569. The van der Waals surface area contributed by atoms with Crippen molar-refractivity contribution in [3.8, 4) is 5.75 Å². The van der Waals surface area contributed by atoms with Gasteiger partial charge in [0.2, 0.25) is 0 Å². The molecule has 0 aromatic heterocycles. The van der Waals surface area contributed by atoms with Crippen molar-refractivity contribution < 1.29 is 28.3 Å². The van der Waals surface area contributed by atoms with Gasteiger partial charge in [0.25, 0.3) is 0 Å². The average molecular weight is 392 g/mol. The van der Waals surface area contributed by atoms with Crippen LogP contribution in [0.5, 0.6) is 5.75 Å². The van der Waals surface area contributed by atoms with Crippen LogP contribution in [0.2, 0.25) is 0 Å². The van der Waals surface area contributed by atoms with Crippen LogP contribution in [-0.4, -0.2) is 10.9 Å². The molecule has 0 bridgehead atoms. The summed E-state index contributed by atoms with van der Waals surface area (Å²) in [5, 5.41) is 0. The number of hydrogen-bond acceptors (Lipinski definition) is 5. The minimum Gasteiger partial charge on any atom is -0.402 e. The number of phosphoric acid groups is 1. The van der Waals surface area contributed by atoms with Crippen molar-refractivity contribution >= 4 is 13.8 Å². The van der Waals surface area contributed by atoms with Crippen LogP contribution < -0.4 is 4.52 Å². The molecule has 0 aliphatic carbocycles. The van der Waals surface area contributed by atoms with Crippen molar-refractivity contribution in [3.63, 3.8) is 0 Å². The Morgan fingerprint density at radius 3 is 2.04 bits per heavy atom. The van der Waals surface area contributed by atoms with E-state index in [4.69, 9.17) is 4.52 Å². The highest BCUT2D eigenvalue weighted by Crippen LogP contribution is 2.44. The third-order valence-electron chi connectivity index (χ3n) is 3.96. The maximum atomic E-state index is 12.0. The Labute approximate surface area is 159 Å². The monoisotopic (exact) mass is 392 g/mol. The van der Waals surface area contributed by atoms with Crippen molar-refractivity contribution in [3.05, 3.63) is 65.2 Å². The van der Waals surface area contributed by atoms with Gasteiger partial charge in [-0.3, -0.25) is 9.78 Å². The lowest BCUT2D eigenvalue weighted by Gasteiger charge is -2.18. The summed E-state index contributed by atoms with van der Waals surface area (Å²) in [6, 6.07) is 13.4. The zero-order chi connectivity index (χ0) is 20.2. The van der Waals surface area contributed by atoms with E-state index in [2.05, 4.69) is 30.3 Å². The molecule has 27 heavy (non-hydrogen) atoms. The van der Waals surface area contributed by atoms with E-state index in [1.54, 1.807) is 48.5 Å². The molecule has 0 fully saturated rings. The molecule has 0 radical (unpaired) electrons. The minimum atomic E-state index is -4.61. The highest BCUT2D eigenvalue weighted by atomic mass is 31.2. The fraction of sp³-hybridized carbons (Fsp3) is 0.350. The third kappa shape index (κ3) is 6.21. The second-order valence-corrected chi connectivity index (χ2v) is 8.83. The van der Waals surface area contributed by atoms with Crippen molar-refractivity contribution in [1.82, 2.24) is 0 Å². The van der Waals surface area contributed by atoms with Crippen LogP contribution in [0.15, 0.2) is 48.5 Å². The molecule has 2 aromatic rings. The molecule has 0 amide bonds. The summed E-state index contributed by atoms with van der Waals surface area (Å²) in [5.41, 5.74) is 2.24. The van der Waals surface area contributed by atoms with Crippen LogP contribution in [0.25, 0.3) is 0 Å². The van der Waals surface area contributed by atoms with E-state index in [-0.39, 0.29) is 16.7 Å². The predicted octanol–water partition coefficient (Wildman–Crippen LogP) is 5.38. The highest BCUT2D eigenvalue weighted by Gasteiger charge is 2.27. The molecule has 0 saturated heterocycles. The standard InChI is InChI=1S/C20H25O6P/c1-14(2)15-8-12-18(13-9-15)25-27(22,23)26-24-19(21)16-6-10-17(11-7-16)20(3,4)5/h6-14H,1-5H3,(H,22,23). The van der Waals surface area contributed by atoms with Crippen molar-refractivity contribution in [1.29, 1.82) is 0 Å². The van der Waals surface area contributed by atoms with Gasteiger partial charge in [-0.05, 0) is 46.7 Å². The first-order valence-corrected chi connectivity index (χ1v) is 10.1. The Kier molecular flexibility index (Phi) is 6.47. The lowest BCUT2D eigenvalue weighted by Crippen LogP contribution is -2.12. The Morgan fingerprint density at radius 1 is 1.00 bits per heavy atom. The molecule has 0 saturated carbocycles. The largest absolute Gasteiger partial charge is 0.564 e. The summed E-state index contributed by atoms with van der Waals surface area (Å²) < 4.78 is 21.2. The molecule has 2 rings (SSSR count). The van der Waals surface area contributed by atoms with E-state index in [0.717, 1.165) is 11.1 Å². The number of carbonyl (C=O) groups excluding carboxylic acids is 1. The van der Waals surface area contributed by atoms with E-state index in [0.29, 0.717) is 5.92 Å². The number of phosphoric ester groups is 1. The SMILES string of the molecule is CC(C)c1ccc(OP(=O)(O)OOC(=O)c2ccc(C(C)(C)C)cc2)cc1. The second-order valence-electron chi connectivity index (χ2n) is 7.56. The number of benzene rings is 2. The van der Waals surface area contributed by atoms with Crippen LogP contribution >= 0.6 is 7.82 Å². The third-order valence-corrected chi connectivity index (χ3v) is 4.67. The predicted molar refractivity (Wildman–Crippen MR) is 103 cm³/mol. The van der Waals surface area contributed by atoms with Gasteiger partial charge >= 0.3 is 13.8 Å². The van der Waals surface area contributed by atoms with Crippen molar-refractivity contribution in [2.24, 2.45) is 0 Å². The van der Waals surface area contributed by atoms with Gasteiger partial charge in [0.1, 0.15) is 5.75 Å². The van der Waals surface area contributed by atoms with Gasteiger partial charge in [0, 0.05) is 0 Å². The van der Waals surface area contributed by atoms with E-state index >= 15 is 0 Å². The molecule has 7 heteroatoms. The van der Waals surface area contributed by atoms with Crippen LogP contribution in [0.4, 0.5) is 0 Å². The molecular weight excluding hydrogens is 367 g/mol. The van der Waals surface area contributed by atoms with E-state index in [1.165, 1.54) is 0 Å². The quantitative estimate of drug-likeness (QED) is 0.404. The molecule has 0 aliphatic heterocycles. The topological polar surface area (TPSA) is 82.1 Å². The summed E-state index contributed by atoms with van der Waals surface area (Å²) in [4.78, 5) is 26.2. The fourth-order valence-electron chi connectivity index (χ4n) is 2.30. The van der Waals surface area contributed by atoms with Gasteiger partial charge in [-0.2, -0.15) is 0 Å². The number of hydrogen-bond donors (Lipinski definition) is 1. The van der Waals surface area contributed by atoms with Gasteiger partial charge in [-0.15, -0.1) is 0 Å². The number of carbonyl (C=O) groups is 1. The van der Waals surface area contributed by atoms with Crippen LogP contribution in [0.3, 0.4) is 0 Å². The van der Waals surface area contributed by atoms with E-state index in [1.807, 2.05) is 13.8 Å². The molecular formula is C20H25O6P. The molecule has 1 unspecified atom stereocenters. The maximum absolute atomic E-state index is 12.0. The summed E-state index contributed by atoms with van der Waals surface area (Å²) in [6.07, 6.45) is 0. The second kappa shape index (κ2) is 8.26. The maximum Gasteiger partial charge on any atom is 0.564 e. The van der Waals surface area contributed by atoms with Crippen molar-refractivity contribution in [2.75, 3.05) is 0 Å². The first-order valence-electron chi connectivity index (χ1n) is 8.61. The molecule has 2 aromatic carbocycles. The molecule has 1 atom stereocenters. The van der Waals surface area contributed by atoms with Gasteiger partial charge < -0.3 is 4.52 Å². The van der Waals surface area contributed by atoms with Crippen LogP contribution in [-0.2, 0) is 19.5 Å². The zero-order valence-electron chi connectivity index (χ0n) is 16.1. The summed E-state index contributed by atoms with van der Waals surface area (Å²) in [6.45, 7) is 10.2. The lowest BCUT2D eigenvalue weighted by atomic mass is 9.87. The van der Waals surface area contributed by atoms with Crippen molar-refractivity contribution in [2.45, 2.75) is 46.0 Å². The zero-order valence-corrected chi connectivity index (χ0v) is 17.0. The Hall–Kier alpha value is -2.14. The lowest BCUT2D eigenvalue weighted by molar-refractivity contribution is -0.165. The average Bonchev–Trinajstić information content (AvgIpc) is 2.59. The Balaban J connectivity index is 1.95. The Bertz CT molecular complexity index is 819. The van der Waals surface area contributed by atoms with Crippen LogP contribution in [0, 0.1) is 0 Å². The number of rotatable bonds is 6. The molecule has 6 nitrogen and oxygen atoms in total. The van der Waals surface area contributed by atoms with Gasteiger partial charge in [0.05, 0.1) is 5.56 Å². The van der Waals surface area contributed by atoms with E-state index < -0.39 is 13.8 Å². The molecule has 0 heterocycles. The van der Waals surface area contributed by atoms with E-state index in [9.17, 15) is 14.3 Å². The van der Waals surface area contributed by atoms with Gasteiger partial charge in [-0.1, -0.05) is 63.6 Å². The molecule has 0 aliphatic rings. The summed E-state index contributed by atoms with van der Waals surface area (Å²) in [7, 11) is -4.61.